The third-order valence-corrected chi connectivity index (χ3v) is 5.15. The van der Waals surface area contributed by atoms with Crippen molar-refractivity contribution < 1.29 is 19.1 Å². The van der Waals surface area contributed by atoms with Crippen molar-refractivity contribution in [3.63, 3.8) is 0 Å². The number of hydrogen-bond acceptors (Lipinski definition) is 4. The summed E-state index contributed by atoms with van der Waals surface area (Å²) < 4.78 is 5.08. The zero-order valence-corrected chi connectivity index (χ0v) is 16.5. The van der Waals surface area contributed by atoms with Crippen molar-refractivity contribution in [3.05, 3.63) is 60.3 Å². The van der Waals surface area contributed by atoms with Crippen LogP contribution in [0.5, 0.6) is 5.75 Å². The second-order valence-electron chi connectivity index (χ2n) is 7.08. The van der Waals surface area contributed by atoms with E-state index in [1.807, 2.05) is 30.5 Å². The van der Waals surface area contributed by atoms with Crippen LogP contribution in [0.15, 0.2) is 54.7 Å². The van der Waals surface area contributed by atoms with Gasteiger partial charge >= 0.3 is 6.03 Å². The summed E-state index contributed by atoms with van der Waals surface area (Å²) in [4.78, 5) is 41.6. The molecule has 0 unspecified atom stereocenters. The molecule has 1 aromatic heterocycles. The van der Waals surface area contributed by atoms with Crippen molar-refractivity contribution in [1.29, 1.82) is 0 Å². The monoisotopic (exact) mass is 406 g/mol. The molecule has 8 heteroatoms. The number of fused-ring (bicyclic) bond motifs is 1. The standard InChI is InChI=1S/C22H22N4O4/c1-30-16-8-6-15(7-9-16)24-20(27)12-19-21(28)26(22(29)25-19)11-10-14-13-23-18-5-3-2-4-17(14)18/h2-9,13,19,23H,10-12H2,1H3,(H,24,27)(H,25,29)/t19-/m1/s1. The Morgan fingerprint density at radius 3 is 2.67 bits per heavy atom. The Hall–Kier alpha value is -3.81. The van der Waals surface area contributed by atoms with Gasteiger partial charge < -0.3 is 20.4 Å². The van der Waals surface area contributed by atoms with Gasteiger partial charge in [-0.15, -0.1) is 0 Å². The summed E-state index contributed by atoms with van der Waals surface area (Å²) in [5.41, 5.74) is 2.64. The van der Waals surface area contributed by atoms with Crippen LogP contribution in [0, 0.1) is 0 Å². The van der Waals surface area contributed by atoms with Crippen molar-refractivity contribution in [1.82, 2.24) is 15.2 Å². The number of urea groups is 1. The van der Waals surface area contributed by atoms with E-state index in [9.17, 15) is 14.4 Å². The molecule has 2 heterocycles. The van der Waals surface area contributed by atoms with Crippen molar-refractivity contribution in [2.45, 2.75) is 18.9 Å². The lowest BCUT2D eigenvalue weighted by atomic mass is 10.1. The van der Waals surface area contributed by atoms with Gasteiger partial charge in [-0.3, -0.25) is 14.5 Å². The minimum Gasteiger partial charge on any atom is -0.497 e. The number of H-pyrrole nitrogens is 1. The number of rotatable bonds is 7. The van der Waals surface area contributed by atoms with Gasteiger partial charge in [0.25, 0.3) is 5.91 Å². The van der Waals surface area contributed by atoms with Gasteiger partial charge in [0.05, 0.1) is 13.5 Å². The van der Waals surface area contributed by atoms with Crippen LogP contribution < -0.4 is 15.4 Å². The summed E-state index contributed by atoms with van der Waals surface area (Å²) >= 11 is 0. The number of imide groups is 1. The van der Waals surface area contributed by atoms with E-state index >= 15 is 0 Å². The number of aromatic amines is 1. The number of nitrogens with zero attached hydrogens (tertiary/aromatic N) is 1. The highest BCUT2D eigenvalue weighted by molar-refractivity contribution is 6.07. The first-order chi connectivity index (χ1) is 14.5. The second kappa shape index (κ2) is 8.28. The van der Waals surface area contributed by atoms with Crippen molar-refractivity contribution in [2.75, 3.05) is 19.0 Å². The zero-order chi connectivity index (χ0) is 21.1. The van der Waals surface area contributed by atoms with E-state index < -0.39 is 12.1 Å². The number of benzene rings is 2. The summed E-state index contributed by atoms with van der Waals surface area (Å²) in [6, 6.07) is 13.4. The van der Waals surface area contributed by atoms with Gasteiger partial charge in [0.15, 0.2) is 0 Å². The number of anilines is 1. The van der Waals surface area contributed by atoms with Gasteiger partial charge in [0, 0.05) is 29.3 Å². The molecule has 0 radical (unpaired) electrons. The van der Waals surface area contributed by atoms with E-state index in [4.69, 9.17) is 4.74 Å². The smallest absolute Gasteiger partial charge is 0.324 e. The van der Waals surface area contributed by atoms with Crippen LogP contribution in [-0.4, -0.2) is 47.4 Å². The van der Waals surface area contributed by atoms with Gasteiger partial charge in [-0.25, -0.2) is 4.79 Å². The molecule has 30 heavy (non-hydrogen) atoms. The van der Waals surface area contributed by atoms with Crippen molar-refractivity contribution in [2.24, 2.45) is 0 Å². The average Bonchev–Trinajstić information content (AvgIpc) is 3.28. The molecule has 0 aliphatic carbocycles. The number of ether oxygens (including phenoxy) is 1. The number of amides is 4. The lowest BCUT2D eigenvalue weighted by molar-refractivity contribution is -0.129. The molecule has 1 aliphatic heterocycles. The minimum absolute atomic E-state index is 0.125. The molecule has 2 aromatic carbocycles. The summed E-state index contributed by atoms with van der Waals surface area (Å²) in [6.07, 6.45) is 2.30. The normalized spacial score (nSPS) is 16.0. The van der Waals surface area contributed by atoms with Gasteiger partial charge in [0.1, 0.15) is 11.8 Å². The van der Waals surface area contributed by atoms with Crippen LogP contribution in [0.25, 0.3) is 10.9 Å². The number of nitrogens with one attached hydrogen (secondary N) is 3. The fraction of sp³-hybridized carbons (Fsp3) is 0.227. The van der Waals surface area contributed by atoms with Gasteiger partial charge in [-0.05, 0) is 42.3 Å². The van der Waals surface area contributed by atoms with E-state index in [0.717, 1.165) is 16.5 Å². The molecule has 0 bridgehead atoms. The Labute approximate surface area is 173 Å². The fourth-order valence-corrected chi connectivity index (χ4v) is 3.57. The molecule has 0 saturated carbocycles. The number of carbonyl (C=O) groups excluding carboxylic acids is 3. The van der Waals surface area contributed by atoms with Crippen LogP contribution in [0.2, 0.25) is 0 Å². The highest BCUT2D eigenvalue weighted by Crippen LogP contribution is 2.20. The molecule has 4 rings (SSSR count). The van der Waals surface area contributed by atoms with Crippen LogP contribution in [0.3, 0.4) is 0 Å². The Morgan fingerprint density at radius 1 is 1.13 bits per heavy atom. The quantitative estimate of drug-likeness (QED) is 0.525. The molecule has 154 valence electrons. The molecule has 3 N–H and O–H groups in total. The summed E-state index contributed by atoms with van der Waals surface area (Å²) in [5, 5.41) is 6.40. The van der Waals surface area contributed by atoms with Gasteiger partial charge in [-0.1, -0.05) is 18.2 Å². The maximum Gasteiger partial charge on any atom is 0.324 e. The maximum absolute atomic E-state index is 12.6. The Morgan fingerprint density at radius 2 is 1.90 bits per heavy atom. The van der Waals surface area contributed by atoms with E-state index in [1.54, 1.807) is 31.4 Å². The first-order valence-electron chi connectivity index (χ1n) is 9.66. The minimum atomic E-state index is -0.862. The number of carbonyl (C=O) groups is 3. The van der Waals surface area contributed by atoms with Gasteiger partial charge in [-0.2, -0.15) is 0 Å². The molecule has 1 atom stereocenters. The lowest BCUT2D eigenvalue weighted by Crippen LogP contribution is -2.34. The Kier molecular flexibility index (Phi) is 5.38. The number of hydrogen-bond donors (Lipinski definition) is 3. The Balaban J connectivity index is 1.34. The second-order valence-corrected chi connectivity index (χ2v) is 7.08. The third-order valence-electron chi connectivity index (χ3n) is 5.15. The van der Waals surface area contributed by atoms with E-state index in [-0.39, 0.29) is 24.8 Å². The Bertz CT molecular complexity index is 1090. The lowest BCUT2D eigenvalue weighted by Gasteiger charge is -2.13. The van der Waals surface area contributed by atoms with Crippen LogP contribution in [0.4, 0.5) is 10.5 Å². The third kappa shape index (κ3) is 3.98. The summed E-state index contributed by atoms with van der Waals surface area (Å²) in [5.74, 6) is -0.0564. The topological polar surface area (TPSA) is 104 Å². The SMILES string of the molecule is COc1ccc(NC(=O)C[C@H]2NC(=O)N(CCc3c[nH]c4ccccc34)C2=O)cc1. The maximum atomic E-state index is 12.6. The van der Waals surface area contributed by atoms with Crippen LogP contribution >= 0.6 is 0 Å². The predicted octanol–water partition coefficient (Wildman–Crippen LogP) is 2.67. The summed E-state index contributed by atoms with van der Waals surface area (Å²) in [6.45, 7) is 0.253. The van der Waals surface area contributed by atoms with E-state index in [0.29, 0.717) is 17.9 Å². The highest BCUT2D eigenvalue weighted by Gasteiger charge is 2.38. The fourth-order valence-electron chi connectivity index (χ4n) is 3.57. The van der Waals surface area contributed by atoms with Crippen LogP contribution in [0.1, 0.15) is 12.0 Å². The van der Waals surface area contributed by atoms with E-state index in [2.05, 4.69) is 15.6 Å². The van der Waals surface area contributed by atoms with Crippen LogP contribution in [-0.2, 0) is 16.0 Å². The molecule has 8 nitrogen and oxygen atoms in total. The first-order valence-corrected chi connectivity index (χ1v) is 9.66. The molecular formula is C22H22N4O4. The average molecular weight is 406 g/mol. The molecular weight excluding hydrogens is 384 g/mol. The summed E-state index contributed by atoms with van der Waals surface area (Å²) in [7, 11) is 1.56. The van der Waals surface area contributed by atoms with Crippen molar-refractivity contribution >= 4 is 34.4 Å². The molecule has 0 spiro atoms. The molecule has 1 fully saturated rings. The molecule has 1 aliphatic rings. The molecule has 1 saturated heterocycles. The predicted molar refractivity (Wildman–Crippen MR) is 112 cm³/mol. The van der Waals surface area contributed by atoms with E-state index in [1.165, 1.54) is 4.90 Å². The number of para-hydroxylation sites is 1. The van der Waals surface area contributed by atoms with Crippen molar-refractivity contribution in [3.8, 4) is 5.75 Å². The first kappa shape index (κ1) is 19.5. The molecule has 3 aromatic rings. The molecule has 4 amide bonds. The number of methoxy groups -OCH3 is 1. The highest BCUT2D eigenvalue weighted by atomic mass is 16.5. The van der Waals surface area contributed by atoms with Gasteiger partial charge in [0.2, 0.25) is 5.91 Å². The largest absolute Gasteiger partial charge is 0.497 e. The zero-order valence-electron chi connectivity index (χ0n) is 16.5. The number of aromatic nitrogens is 1.